The number of aryl methyl sites for hydroxylation is 2. The molecule has 1 aromatic heterocycles. The molecule has 0 saturated carbocycles. The van der Waals surface area contributed by atoms with E-state index in [9.17, 15) is 9.90 Å². The summed E-state index contributed by atoms with van der Waals surface area (Å²) in [6.07, 6.45) is 0. The number of hydrogen-bond acceptors (Lipinski definition) is 4. The number of carbonyl (C=O) groups is 1. The highest BCUT2D eigenvalue weighted by atomic mass is 32.2. The average molecular weight is 291 g/mol. The molecule has 0 atom stereocenters. The molecule has 0 aliphatic rings. The summed E-state index contributed by atoms with van der Waals surface area (Å²) in [5, 5.41) is 17.4. The van der Waals surface area contributed by atoms with E-state index >= 15 is 0 Å². The van der Waals surface area contributed by atoms with Crippen LogP contribution in [0, 0.1) is 6.92 Å². The number of nitrogens with zero attached hydrogens (tertiary/aromatic N) is 2. The lowest BCUT2D eigenvalue weighted by molar-refractivity contribution is -0.114. The Kier molecular flexibility index (Phi) is 4.46. The van der Waals surface area contributed by atoms with E-state index in [1.165, 1.54) is 6.92 Å². The smallest absolute Gasteiger partial charge is 0.221 e. The molecule has 0 bridgehead atoms. The molecular formula is C14H17N3O2S. The van der Waals surface area contributed by atoms with Gasteiger partial charge in [-0.2, -0.15) is 5.10 Å². The molecule has 2 rings (SSSR count). The van der Waals surface area contributed by atoms with Gasteiger partial charge in [-0.1, -0.05) is 11.8 Å². The monoisotopic (exact) mass is 291 g/mol. The van der Waals surface area contributed by atoms with Crippen molar-refractivity contribution in [3.63, 3.8) is 0 Å². The van der Waals surface area contributed by atoms with E-state index < -0.39 is 0 Å². The van der Waals surface area contributed by atoms with Gasteiger partial charge in [-0.25, -0.2) is 0 Å². The average Bonchev–Trinajstić information content (AvgIpc) is 2.65. The van der Waals surface area contributed by atoms with Crippen LogP contribution in [0.3, 0.4) is 0 Å². The van der Waals surface area contributed by atoms with Crippen LogP contribution in [0.25, 0.3) is 0 Å². The maximum absolute atomic E-state index is 11.0. The van der Waals surface area contributed by atoms with Gasteiger partial charge in [-0.05, 0) is 31.2 Å². The zero-order valence-electron chi connectivity index (χ0n) is 11.7. The number of nitrogens with one attached hydrogen (secondary N) is 1. The van der Waals surface area contributed by atoms with Crippen LogP contribution >= 0.6 is 11.8 Å². The van der Waals surface area contributed by atoms with E-state index in [0.717, 1.165) is 26.9 Å². The molecule has 0 saturated heterocycles. The standard InChI is InChI=1S/C14H17N3O2S/c1-9-13(8-18)14(17(3)16-9)20-12-6-4-11(5-7-12)15-10(2)19/h4-7,18H,8H2,1-3H3,(H,15,19). The Bertz CT molecular complexity index is 620. The normalized spacial score (nSPS) is 10.6. The lowest BCUT2D eigenvalue weighted by Gasteiger charge is -2.06. The number of hydrogen-bond donors (Lipinski definition) is 2. The number of carbonyl (C=O) groups excluding carboxylic acids is 1. The number of aromatic nitrogens is 2. The predicted octanol–water partition coefficient (Wildman–Crippen LogP) is 2.33. The second-order valence-corrected chi connectivity index (χ2v) is 5.52. The Morgan fingerprint density at radius 3 is 2.60 bits per heavy atom. The van der Waals surface area contributed by atoms with Crippen LogP contribution in [-0.4, -0.2) is 20.8 Å². The van der Waals surface area contributed by atoms with Crippen LogP contribution in [-0.2, 0) is 18.4 Å². The molecule has 0 unspecified atom stereocenters. The highest BCUT2D eigenvalue weighted by Gasteiger charge is 2.13. The Balaban J connectivity index is 2.20. The maximum atomic E-state index is 11.0. The third-order valence-corrected chi connectivity index (χ3v) is 4.05. The first-order valence-electron chi connectivity index (χ1n) is 6.20. The Labute approximate surface area is 122 Å². The number of rotatable bonds is 4. The summed E-state index contributed by atoms with van der Waals surface area (Å²) in [6.45, 7) is 3.34. The number of benzene rings is 1. The van der Waals surface area contributed by atoms with E-state index in [4.69, 9.17) is 0 Å². The van der Waals surface area contributed by atoms with Gasteiger partial charge in [0.05, 0.1) is 12.3 Å². The molecule has 0 fully saturated rings. The zero-order chi connectivity index (χ0) is 14.7. The summed E-state index contributed by atoms with van der Waals surface area (Å²) >= 11 is 1.54. The topological polar surface area (TPSA) is 67.2 Å². The van der Waals surface area contributed by atoms with E-state index in [1.54, 1.807) is 16.4 Å². The molecule has 0 aliphatic carbocycles. The first-order chi connectivity index (χ1) is 9.51. The van der Waals surface area contributed by atoms with Crippen LogP contribution in [0.4, 0.5) is 5.69 Å². The van der Waals surface area contributed by atoms with Crippen molar-refractivity contribution in [3.8, 4) is 0 Å². The minimum absolute atomic E-state index is 0.0218. The summed E-state index contributed by atoms with van der Waals surface area (Å²) in [5.41, 5.74) is 2.46. The molecule has 106 valence electrons. The molecule has 6 heteroatoms. The molecule has 1 aromatic carbocycles. The van der Waals surface area contributed by atoms with Gasteiger partial charge in [0, 0.05) is 30.1 Å². The number of aliphatic hydroxyl groups is 1. The molecule has 20 heavy (non-hydrogen) atoms. The highest BCUT2D eigenvalue weighted by Crippen LogP contribution is 2.32. The Hall–Kier alpha value is -1.79. The summed E-state index contributed by atoms with van der Waals surface area (Å²) in [4.78, 5) is 12.0. The van der Waals surface area contributed by atoms with Gasteiger partial charge < -0.3 is 10.4 Å². The molecule has 0 radical (unpaired) electrons. The lowest BCUT2D eigenvalue weighted by Crippen LogP contribution is -2.05. The van der Waals surface area contributed by atoms with E-state index in [0.29, 0.717) is 0 Å². The van der Waals surface area contributed by atoms with Crippen LogP contribution < -0.4 is 5.32 Å². The summed E-state index contributed by atoms with van der Waals surface area (Å²) in [5.74, 6) is -0.0878. The summed E-state index contributed by atoms with van der Waals surface area (Å²) < 4.78 is 1.77. The number of aliphatic hydroxyl groups excluding tert-OH is 1. The summed E-state index contributed by atoms with van der Waals surface area (Å²) in [6, 6.07) is 7.57. The van der Waals surface area contributed by atoms with Crippen molar-refractivity contribution in [2.45, 2.75) is 30.4 Å². The van der Waals surface area contributed by atoms with Crippen molar-refractivity contribution in [2.24, 2.45) is 7.05 Å². The van der Waals surface area contributed by atoms with Crippen molar-refractivity contribution in [1.29, 1.82) is 0 Å². The molecule has 2 N–H and O–H groups in total. The number of anilines is 1. The van der Waals surface area contributed by atoms with Gasteiger partial charge in [0.1, 0.15) is 5.03 Å². The van der Waals surface area contributed by atoms with Crippen LogP contribution in [0.2, 0.25) is 0 Å². The highest BCUT2D eigenvalue weighted by molar-refractivity contribution is 7.99. The Morgan fingerprint density at radius 1 is 1.40 bits per heavy atom. The van der Waals surface area contributed by atoms with Gasteiger partial charge in [0.15, 0.2) is 0 Å². The second-order valence-electron chi connectivity index (χ2n) is 4.46. The van der Waals surface area contributed by atoms with Crippen molar-refractivity contribution in [3.05, 3.63) is 35.5 Å². The van der Waals surface area contributed by atoms with Crippen molar-refractivity contribution in [1.82, 2.24) is 9.78 Å². The fourth-order valence-corrected chi connectivity index (χ4v) is 2.92. The molecule has 1 amide bonds. The van der Waals surface area contributed by atoms with Gasteiger partial charge in [-0.15, -0.1) is 0 Å². The molecule has 0 aliphatic heterocycles. The molecule has 0 spiro atoms. The summed E-state index contributed by atoms with van der Waals surface area (Å²) in [7, 11) is 1.86. The molecule has 2 aromatic rings. The first kappa shape index (κ1) is 14.6. The number of amides is 1. The molecule has 1 heterocycles. The molecular weight excluding hydrogens is 274 g/mol. The van der Waals surface area contributed by atoms with E-state index in [-0.39, 0.29) is 12.5 Å². The fraction of sp³-hybridized carbons (Fsp3) is 0.286. The molecule has 5 nitrogen and oxygen atoms in total. The zero-order valence-corrected chi connectivity index (χ0v) is 12.5. The van der Waals surface area contributed by atoms with Gasteiger partial charge in [-0.3, -0.25) is 9.48 Å². The fourth-order valence-electron chi connectivity index (χ4n) is 1.91. The SMILES string of the molecule is CC(=O)Nc1ccc(Sc2c(CO)c(C)nn2C)cc1. The van der Waals surface area contributed by atoms with Gasteiger partial charge >= 0.3 is 0 Å². The third-order valence-electron chi connectivity index (χ3n) is 2.84. The first-order valence-corrected chi connectivity index (χ1v) is 7.01. The van der Waals surface area contributed by atoms with Crippen molar-refractivity contribution >= 4 is 23.4 Å². The minimum atomic E-state index is -0.0878. The van der Waals surface area contributed by atoms with Crippen molar-refractivity contribution in [2.75, 3.05) is 5.32 Å². The van der Waals surface area contributed by atoms with Crippen LogP contribution in [0.15, 0.2) is 34.2 Å². The quantitative estimate of drug-likeness (QED) is 0.907. The van der Waals surface area contributed by atoms with Gasteiger partial charge in [0.25, 0.3) is 0 Å². The minimum Gasteiger partial charge on any atom is -0.392 e. The van der Waals surface area contributed by atoms with Gasteiger partial charge in [0.2, 0.25) is 5.91 Å². The van der Waals surface area contributed by atoms with E-state index in [2.05, 4.69) is 10.4 Å². The maximum Gasteiger partial charge on any atom is 0.221 e. The second kappa shape index (κ2) is 6.11. The van der Waals surface area contributed by atoms with E-state index in [1.807, 2.05) is 38.2 Å². The lowest BCUT2D eigenvalue weighted by atomic mass is 10.3. The van der Waals surface area contributed by atoms with Crippen LogP contribution in [0.1, 0.15) is 18.2 Å². The largest absolute Gasteiger partial charge is 0.392 e. The Morgan fingerprint density at radius 2 is 2.05 bits per heavy atom. The van der Waals surface area contributed by atoms with Crippen molar-refractivity contribution < 1.29 is 9.90 Å². The predicted molar refractivity (Wildman–Crippen MR) is 78.7 cm³/mol. The third kappa shape index (κ3) is 3.20. The van der Waals surface area contributed by atoms with Crippen LogP contribution in [0.5, 0.6) is 0 Å².